The Hall–Kier alpha value is -0.470. The van der Waals surface area contributed by atoms with Crippen molar-refractivity contribution < 1.29 is 0 Å². The standard InChI is InChI=1S/C11H15NS/c12-11(7-1-2-8-11)9-3-5-10(13)6-4-9/h3-6,13H,1-2,7-8,12H2. The van der Waals surface area contributed by atoms with Gasteiger partial charge in [-0.3, -0.25) is 0 Å². The molecule has 1 aromatic carbocycles. The van der Waals surface area contributed by atoms with Crippen LogP contribution in [-0.2, 0) is 5.54 Å². The smallest absolute Gasteiger partial charge is 0.0409 e. The molecule has 1 nitrogen and oxygen atoms in total. The molecule has 0 unspecified atom stereocenters. The van der Waals surface area contributed by atoms with E-state index in [1.165, 1.54) is 18.4 Å². The van der Waals surface area contributed by atoms with Crippen molar-refractivity contribution in [2.45, 2.75) is 36.1 Å². The lowest BCUT2D eigenvalue weighted by Crippen LogP contribution is -2.32. The van der Waals surface area contributed by atoms with Gasteiger partial charge >= 0.3 is 0 Å². The van der Waals surface area contributed by atoms with E-state index in [9.17, 15) is 0 Å². The fourth-order valence-electron chi connectivity index (χ4n) is 2.09. The zero-order valence-corrected chi connectivity index (χ0v) is 8.56. The molecule has 0 saturated heterocycles. The normalized spacial score (nSPS) is 20.5. The fourth-order valence-corrected chi connectivity index (χ4v) is 2.24. The number of rotatable bonds is 1. The highest BCUT2D eigenvalue weighted by atomic mass is 32.1. The highest BCUT2D eigenvalue weighted by Crippen LogP contribution is 2.36. The van der Waals surface area contributed by atoms with Gasteiger partial charge in [0.25, 0.3) is 0 Å². The molecule has 0 bridgehead atoms. The lowest BCUT2D eigenvalue weighted by molar-refractivity contribution is 0.461. The summed E-state index contributed by atoms with van der Waals surface area (Å²) < 4.78 is 0. The first kappa shape index (κ1) is 9.10. The molecule has 2 heteroatoms. The molecule has 13 heavy (non-hydrogen) atoms. The Bertz CT molecular complexity index is 285. The van der Waals surface area contributed by atoms with Crippen LogP contribution in [0.15, 0.2) is 29.2 Å². The van der Waals surface area contributed by atoms with Crippen molar-refractivity contribution in [1.29, 1.82) is 0 Å². The second-order valence-corrected chi connectivity index (χ2v) is 4.43. The van der Waals surface area contributed by atoms with Crippen LogP contribution in [0.4, 0.5) is 0 Å². The SMILES string of the molecule is NC1(c2ccc(S)cc2)CCCC1. The summed E-state index contributed by atoms with van der Waals surface area (Å²) in [6.07, 6.45) is 4.77. The van der Waals surface area contributed by atoms with Crippen LogP contribution in [0.3, 0.4) is 0 Å². The third-order valence-electron chi connectivity index (χ3n) is 2.94. The molecule has 1 fully saturated rings. The summed E-state index contributed by atoms with van der Waals surface area (Å²) in [5.74, 6) is 0. The predicted molar refractivity (Wildman–Crippen MR) is 58.0 cm³/mol. The summed E-state index contributed by atoms with van der Waals surface area (Å²) in [5, 5.41) is 0. The van der Waals surface area contributed by atoms with Gasteiger partial charge in [0.05, 0.1) is 0 Å². The van der Waals surface area contributed by atoms with E-state index in [4.69, 9.17) is 5.73 Å². The Kier molecular flexibility index (Phi) is 2.35. The topological polar surface area (TPSA) is 26.0 Å². The molecule has 0 amide bonds. The molecular weight excluding hydrogens is 178 g/mol. The molecule has 0 aliphatic heterocycles. The van der Waals surface area contributed by atoms with Crippen molar-refractivity contribution >= 4 is 12.6 Å². The largest absolute Gasteiger partial charge is 0.321 e. The van der Waals surface area contributed by atoms with Crippen LogP contribution in [0.5, 0.6) is 0 Å². The molecule has 2 rings (SSSR count). The summed E-state index contributed by atoms with van der Waals surface area (Å²) >= 11 is 4.26. The Morgan fingerprint density at radius 3 is 2.15 bits per heavy atom. The minimum Gasteiger partial charge on any atom is -0.321 e. The van der Waals surface area contributed by atoms with Crippen molar-refractivity contribution in [3.8, 4) is 0 Å². The summed E-state index contributed by atoms with van der Waals surface area (Å²) in [4.78, 5) is 1.00. The van der Waals surface area contributed by atoms with Crippen molar-refractivity contribution in [2.24, 2.45) is 5.73 Å². The molecule has 0 aromatic heterocycles. The predicted octanol–water partition coefficient (Wildman–Crippen LogP) is 2.70. The van der Waals surface area contributed by atoms with Crippen LogP contribution in [0.25, 0.3) is 0 Å². The Balaban J connectivity index is 2.29. The quantitative estimate of drug-likeness (QED) is 0.659. The monoisotopic (exact) mass is 193 g/mol. The van der Waals surface area contributed by atoms with Gasteiger partial charge in [-0.15, -0.1) is 12.6 Å². The van der Waals surface area contributed by atoms with E-state index in [0.29, 0.717) is 0 Å². The van der Waals surface area contributed by atoms with E-state index in [2.05, 4.69) is 24.8 Å². The summed E-state index contributed by atoms with van der Waals surface area (Å²) in [5.41, 5.74) is 7.52. The van der Waals surface area contributed by atoms with Crippen molar-refractivity contribution in [1.82, 2.24) is 0 Å². The number of benzene rings is 1. The van der Waals surface area contributed by atoms with Crippen LogP contribution >= 0.6 is 12.6 Å². The van der Waals surface area contributed by atoms with Gasteiger partial charge < -0.3 is 5.73 Å². The van der Waals surface area contributed by atoms with Crippen LogP contribution in [0, 0.1) is 0 Å². The zero-order valence-electron chi connectivity index (χ0n) is 7.66. The molecule has 1 aliphatic rings. The van der Waals surface area contributed by atoms with E-state index in [1.54, 1.807) is 0 Å². The van der Waals surface area contributed by atoms with Gasteiger partial charge in [-0.05, 0) is 30.5 Å². The average Bonchev–Trinajstić information content (AvgIpc) is 2.54. The van der Waals surface area contributed by atoms with Crippen molar-refractivity contribution in [2.75, 3.05) is 0 Å². The van der Waals surface area contributed by atoms with Gasteiger partial charge in [0.2, 0.25) is 0 Å². The van der Waals surface area contributed by atoms with E-state index < -0.39 is 0 Å². The van der Waals surface area contributed by atoms with Crippen molar-refractivity contribution in [3.63, 3.8) is 0 Å². The maximum Gasteiger partial charge on any atom is 0.0409 e. The molecule has 2 N–H and O–H groups in total. The van der Waals surface area contributed by atoms with Gasteiger partial charge in [0.1, 0.15) is 0 Å². The molecule has 1 saturated carbocycles. The van der Waals surface area contributed by atoms with Gasteiger partial charge in [0.15, 0.2) is 0 Å². The number of thiol groups is 1. The van der Waals surface area contributed by atoms with Crippen molar-refractivity contribution in [3.05, 3.63) is 29.8 Å². The minimum absolute atomic E-state index is 0.0541. The molecule has 0 heterocycles. The first-order chi connectivity index (χ1) is 6.21. The number of hydrogen-bond acceptors (Lipinski definition) is 2. The number of nitrogens with two attached hydrogens (primary N) is 1. The van der Waals surface area contributed by atoms with Gasteiger partial charge in [-0.2, -0.15) is 0 Å². The third-order valence-corrected chi connectivity index (χ3v) is 3.24. The summed E-state index contributed by atoms with van der Waals surface area (Å²) in [7, 11) is 0. The van der Waals surface area contributed by atoms with Crippen LogP contribution in [-0.4, -0.2) is 0 Å². The lowest BCUT2D eigenvalue weighted by Gasteiger charge is -2.24. The maximum absolute atomic E-state index is 6.31. The molecule has 1 aromatic rings. The highest BCUT2D eigenvalue weighted by Gasteiger charge is 2.30. The zero-order chi connectivity index (χ0) is 9.31. The molecule has 70 valence electrons. The molecule has 0 atom stereocenters. The Morgan fingerprint density at radius 1 is 1.08 bits per heavy atom. The summed E-state index contributed by atoms with van der Waals surface area (Å²) in [6.45, 7) is 0. The van der Waals surface area contributed by atoms with Gasteiger partial charge in [-0.1, -0.05) is 25.0 Å². The Labute approximate surface area is 84.7 Å². The number of hydrogen-bond donors (Lipinski definition) is 2. The van der Waals surface area contributed by atoms with Gasteiger partial charge in [0, 0.05) is 10.4 Å². The Morgan fingerprint density at radius 2 is 1.62 bits per heavy atom. The van der Waals surface area contributed by atoms with E-state index in [0.717, 1.165) is 17.7 Å². The summed E-state index contributed by atoms with van der Waals surface area (Å²) in [6, 6.07) is 8.25. The fraction of sp³-hybridized carbons (Fsp3) is 0.455. The lowest BCUT2D eigenvalue weighted by atomic mass is 9.90. The van der Waals surface area contributed by atoms with Crippen LogP contribution < -0.4 is 5.73 Å². The molecule has 0 spiro atoms. The molecule has 1 aliphatic carbocycles. The van der Waals surface area contributed by atoms with E-state index >= 15 is 0 Å². The second kappa shape index (κ2) is 3.35. The van der Waals surface area contributed by atoms with Crippen LogP contribution in [0.2, 0.25) is 0 Å². The minimum atomic E-state index is -0.0541. The second-order valence-electron chi connectivity index (χ2n) is 3.91. The van der Waals surface area contributed by atoms with E-state index in [-0.39, 0.29) is 5.54 Å². The average molecular weight is 193 g/mol. The van der Waals surface area contributed by atoms with Gasteiger partial charge in [-0.25, -0.2) is 0 Å². The third kappa shape index (κ3) is 1.74. The maximum atomic E-state index is 6.31. The van der Waals surface area contributed by atoms with Crippen LogP contribution in [0.1, 0.15) is 31.2 Å². The first-order valence-electron chi connectivity index (χ1n) is 4.79. The highest BCUT2D eigenvalue weighted by molar-refractivity contribution is 7.80. The molecule has 0 radical (unpaired) electrons. The molecular formula is C11H15NS. The first-order valence-corrected chi connectivity index (χ1v) is 5.24. The van der Waals surface area contributed by atoms with E-state index in [1.807, 2.05) is 12.1 Å².